The molecule has 0 bridgehead atoms. The number of ether oxygens (including phenoxy) is 1. The largest absolute Gasteiger partial charge is 0.444 e. The first kappa shape index (κ1) is 32.9. The van der Waals surface area contributed by atoms with Gasteiger partial charge in [-0.25, -0.2) is 4.79 Å². The number of nitrogens with one attached hydrogen (secondary N) is 2. The second-order valence-electron chi connectivity index (χ2n) is 12.0. The van der Waals surface area contributed by atoms with Gasteiger partial charge in [0.05, 0.1) is 0 Å². The molecule has 9 nitrogen and oxygen atoms in total. The van der Waals surface area contributed by atoms with Crippen LogP contribution in [0.25, 0.3) is 0 Å². The van der Waals surface area contributed by atoms with Crippen molar-refractivity contribution in [2.45, 2.75) is 124 Å². The first-order chi connectivity index (χ1) is 17.4. The molecule has 0 saturated carbocycles. The molecule has 0 fully saturated rings. The topological polar surface area (TPSA) is 131 Å². The van der Waals surface area contributed by atoms with E-state index in [1.54, 1.807) is 20.8 Å². The summed E-state index contributed by atoms with van der Waals surface area (Å²) in [4.78, 5) is 54.1. The summed E-state index contributed by atoms with van der Waals surface area (Å²) in [5.41, 5.74) is 6.22. The Kier molecular flexibility index (Phi) is 11.8. The Labute approximate surface area is 228 Å². The lowest BCUT2D eigenvalue weighted by atomic mass is 9.89. The third-order valence-corrected chi connectivity index (χ3v) is 6.06. The Balaban J connectivity index is 3.69. The molecule has 0 spiro atoms. The molecule has 0 saturated heterocycles. The van der Waals surface area contributed by atoms with Crippen LogP contribution in [0.1, 0.15) is 104 Å². The molecule has 0 heterocycles. The molecule has 3 unspecified atom stereocenters. The number of alkyl carbamates (subject to hydrolysis) is 1. The molecule has 1 rings (SSSR count). The van der Waals surface area contributed by atoms with Crippen LogP contribution < -0.4 is 16.4 Å². The first-order valence-corrected chi connectivity index (χ1v) is 13.4. The molecule has 38 heavy (non-hydrogen) atoms. The Hall–Kier alpha value is -3.10. The number of hydrogen-bond donors (Lipinski definition) is 3. The van der Waals surface area contributed by atoms with Gasteiger partial charge in [-0.15, -0.1) is 0 Å². The zero-order chi connectivity index (χ0) is 29.4. The number of nitrogens with zero attached hydrogens (tertiary/aromatic N) is 1. The molecule has 3 atom stereocenters. The SMILES string of the molecule is CCCC(C)NC(=O)C(c1c(C)cccc1C)N(C(=O)C(CCC(N)=O)NC(=O)OC(C)(C)C)C(C)(C)C. The smallest absolute Gasteiger partial charge is 0.408 e. The Morgan fingerprint density at radius 3 is 1.97 bits per heavy atom. The summed E-state index contributed by atoms with van der Waals surface area (Å²) in [5, 5.41) is 5.71. The molecular weight excluding hydrogens is 484 g/mol. The van der Waals surface area contributed by atoms with Gasteiger partial charge in [0.1, 0.15) is 17.7 Å². The molecule has 1 aromatic rings. The standard InChI is InChI=1S/C29H48N4O5/c1-11-13-20(4)31-25(35)24(23-18(2)14-12-15-19(23)3)33(28(5,6)7)26(36)21(16-17-22(30)34)32-27(37)38-29(8,9)10/h12,14-15,20-21,24H,11,13,16-17H2,1-10H3,(H2,30,34)(H,31,35)(H,32,37). The molecule has 4 N–H and O–H groups in total. The lowest BCUT2D eigenvalue weighted by Gasteiger charge is -2.44. The van der Waals surface area contributed by atoms with E-state index in [0.29, 0.717) is 0 Å². The number of nitrogens with two attached hydrogens (primary N) is 1. The maximum absolute atomic E-state index is 14.3. The van der Waals surface area contributed by atoms with Crippen molar-refractivity contribution in [3.63, 3.8) is 0 Å². The van der Waals surface area contributed by atoms with E-state index in [0.717, 1.165) is 29.5 Å². The molecule has 0 aliphatic rings. The van der Waals surface area contributed by atoms with Crippen LogP contribution >= 0.6 is 0 Å². The van der Waals surface area contributed by atoms with Crippen molar-refractivity contribution >= 4 is 23.8 Å². The third-order valence-electron chi connectivity index (χ3n) is 6.06. The highest BCUT2D eigenvalue weighted by Crippen LogP contribution is 2.34. The van der Waals surface area contributed by atoms with E-state index in [1.165, 1.54) is 4.90 Å². The molecule has 4 amide bonds. The van der Waals surface area contributed by atoms with Crippen molar-refractivity contribution in [2.75, 3.05) is 0 Å². The van der Waals surface area contributed by atoms with Crippen molar-refractivity contribution in [3.05, 3.63) is 34.9 Å². The van der Waals surface area contributed by atoms with Crippen LogP contribution in [-0.4, -0.2) is 51.9 Å². The van der Waals surface area contributed by atoms with Crippen molar-refractivity contribution in [3.8, 4) is 0 Å². The second-order valence-corrected chi connectivity index (χ2v) is 12.0. The molecule has 0 aliphatic carbocycles. The minimum absolute atomic E-state index is 0.0344. The summed E-state index contributed by atoms with van der Waals surface area (Å²) in [6.45, 7) is 18.5. The van der Waals surface area contributed by atoms with E-state index in [1.807, 2.05) is 66.7 Å². The second kappa shape index (κ2) is 13.6. The Bertz CT molecular complexity index is 973. The Morgan fingerprint density at radius 2 is 1.53 bits per heavy atom. The van der Waals surface area contributed by atoms with E-state index in [-0.39, 0.29) is 24.8 Å². The molecule has 0 aromatic heterocycles. The van der Waals surface area contributed by atoms with E-state index in [9.17, 15) is 19.2 Å². The average molecular weight is 533 g/mol. The van der Waals surface area contributed by atoms with Crippen LogP contribution in [0, 0.1) is 13.8 Å². The van der Waals surface area contributed by atoms with Crippen molar-refractivity contribution in [1.82, 2.24) is 15.5 Å². The predicted octanol–water partition coefficient (Wildman–Crippen LogP) is 4.44. The average Bonchev–Trinajstić information content (AvgIpc) is 2.73. The monoisotopic (exact) mass is 532 g/mol. The molecule has 1 aromatic carbocycles. The van der Waals surface area contributed by atoms with Gasteiger partial charge in [0.2, 0.25) is 17.7 Å². The lowest BCUT2D eigenvalue weighted by molar-refractivity contribution is -0.149. The highest BCUT2D eigenvalue weighted by atomic mass is 16.6. The number of aryl methyl sites for hydroxylation is 2. The fraction of sp³-hybridized carbons (Fsp3) is 0.655. The van der Waals surface area contributed by atoms with Crippen LogP contribution in [0.15, 0.2) is 18.2 Å². The zero-order valence-electron chi connectivity index (χ0n) is 24.9. The molecule has 214 valence electrons. The number of carbonyl (C=O) groups is 4. The molecule has 0 aliphatic heterocycles. The van der Waals surface area contributed by atoms with Crippen molar-refractivity contribution in [2.24, 2.45) is 5.73 Å². The third kappa shape index (κ3) is 9.99. The van der Waals surface area contributed by atoms with Gasteiger partial charge < -0.3 is 26.0 Å². The number of benzene rings is 1. The number of hydrogen-bond acceptors (Lipinski definition) is 5. The van der Waals surface area contributed by atoms with Crippen LogP contribution in [0.3, 0.4) is 0 Å². The summed E-state index contributed by atoms with van der Waals surface area (Å²) in [6.07, 6.45) is 0.729. The lowest BCUT2D eigenvalue weighted by Crippen LogP contribution is -2.59. The summed E-state index contributed by atoms with van der Waals surface area (Å²) in [5.74, 6) is -1.42. The minimum Gasteiger partial charge on any atom is -0.444 e. The van der Waals surface area contributed by atoms with Gasteiger partial charge in [-0.1, -0.05) is 31.5 Å². The van der Waals surface area contributed by atoms with Gasteiger partial charge in [-0.2, -0.15) is 0 Å². The van der Waals surface area contributed by atoms with Gasteiger partial charge in [0, 0.05) is 18.0 Å². The van der Waals surface area contributed by atoms with Gasteiger partial charge in [0.15, 0.2) is 0 Å². The fourth-order valence-corrected chi connectivity index (χ4v) is 4.47. The fourth-order valence-electron chi connectivity index (χ4n) is 4.47. The van der Waals surface area contributed by atoms with Gasteiger partial charge in [-0.3, -0.25) is 14.4 Å². The van der Waals surface area contributed by atoms with E-state index in [4.69, 9.17) is 10.5 Å². The van der Waals surface area contributed by atoms with Crippen LogP contribution in [-0.2, 0) is 19.1 Å². The van der Waals surface area contributed by atoms with Crippen LogP contribution in [0.5, 0.6) is 0 Å². The summed E-state index contributed by atoms with van der Waals surface area (Å²) >= 11 is 0. The summed E-state index contributed by atoms with van der Waals surface area (Å²) in [6, 6.07) is 3.52. The zero-order valence-corrected chi connectivity index (χ0v) is 24.9. The van der Waals surface area contributed by atoms with Gasteiger partial charge >= 0.3 is 6.09 Å². The minimum atomic E-state index is -1.13. The number of rotatable bonds is 11. The van der Waals surface area contributed by atoms with E-state index < -0.39 is 41.1 Å². The highest BCUT2D eigenvalue weighted by molar-refractivity contribution is 5.93. The summed E-state index contributed by atoms with van der Waals surface area (Å²) in [7, 11) is 0. The van der Waals surface area contributed by atoms with Gasteiger partial charge in [-0.05, 0) is 91.8 Å². The maximum atomic E-state index is 14.3. The number of primary amides is 1. The van der Waals surface area contributed by atoms with Gasteiger partial charge in [0.25, 0.3) is 0 Å². The predicted molar refractivity (Wildman–Crippen MR) is 149 cm³/mol. The first-order valence-electron chi connectivity index (χ1n) is 13.4. The molecule has 0 radical (unpaired) electrons. The van der Waals surface area contributed by atoms with Crippen LogP contribution in [0.4, 0.5) is 4.79 Å². The molecule has 9 heteroatoms. The summed E-state index contributed by atoms with van der Waals surface area (Å²) < 4.78 is 5.38. The quantitative estimate of drug-likeness (QED) is 0.388. The molecular formula is C29H48N4O5. The number of amides is 4. The highest BCUT2D eigenvalue weighted by Gasteiger charge is 2.43. The van der Waals surface area contributed by atoms with E-state index >= 15 is 0 Å². The van der Waals surface area contributed by atoms with Crippen molar-refractivity contribution in [1.29, 1.82) is 0 Å². The Morgan fingerprint density at radius 1 is 0.974 bits per heavy atom. The van der Waals surface area contributed by atoms with Crippen molar-refractivity contribution < 1.29 is 23.9 Å². The normalized spacial score (nSPS) is 14.2. The number of carbonyl (C=O) groups excluding carboxylic acids is 4. The maximum Gasteiger partial charge on any atom is 0.408 e. The van der Waals surface area contributed by atoms with E-state index in [2.05, 4.69) is 10.6 Å². The van der Waals surface area contributed by atoms with Crippen LogP contribution in [0.2, 0.25) is 0 Å².